The van der Waals surface area contributed by atoms with Crippen molar-refractivity contribution in [1.29, 1.82) is 0 Å². The molecule has 0 bridgehead atoms. The lowest BCUT2D eigenvalue weighted by Gasteiger charge is -2.09. The van der Waals surface area contributed by atoms with E-state index in [0.29, 0.717) is 11.0 Å². The van der Waals surface area contributed by atoms with E-state index in [1.165, 1.54) is 11.8 Å². The highest BCUT2D eigenvalue weighted by Gasteiger charge is 2.19. The van der Waals surface area contributed by atoms with Gasteiger partial charge in [-0.15, -0.1) is 31.7 Å². The number of carbonyl (C=O) groups is 1. The zero-order valence-corrected chi connectivity index (χ0v) is 15.6. The maximum atomic E-state index is 12.1. The Bertz CT molecular complexity index is 843. The molecular formula is C15H17N5O3S2. The molecule has 0 fully saturated rings. The van der Waals surface area contributed by atoms with Gasteiger partial charge in [-0.2, -0.15) is 0 Å². The number of thioether (sulfide) groups is 1. The van der Waals surface area contributed by atoms with E-state index in [1.807, 2.05) is 29.0 Å². The fourth-order valence-corrected chi connectivity index (χ4v) is 3.65. The molecule has 0 amide bonds. The summed E-state index contributed by atoms with van der Waals surface area (Å²) in [5.41, 5.74) is 0. The molecule has 0 saturated heterocycles. The van der Waals surface area contributed by atoms with Crippen LogP contribution in [0.2, 0.25) is 0 Å². The van der Waals surface area contributed by atoms with Crippen LogP contribution >= 0.6 is 23.1 Å². The molecule has 25 heavy (non-hydrogen) atoms. The van der Waals surface area contributed by atoms with Crippen molar-refractivity contribution < 1.29 is 13.9 Å². The molecule has 1 unspecified atom stereocenters. The van der Waals surface area contributed by atoms with Crippen molar-refractivity contribution in [3.8, 4) is 10.7 Å². The second-order valence-corrected chi connectivity index (χ2v) is 7.00. The second kappa shape index (κ2) is 7.79. The molecule has 10 heteroatoms. The summed E-state index contributed by atoms with van der Waals surface area (Å²) in [6.45, 7) is 6.11. The molecule has 0 saturated carbocycles. The predicted octanol–water partition coefficient (Wildman–Crippen LogP) is 3.11. The normalized spacial score (nSPS) is 12.3. The average molecular weight is 379 g/mol. The first kappa shape index (κ1) is 17.6. The Labute approximate surface area is 152 Å². The lowest BCUT2D eigenvalue weighted by atomic mass is 10.4. The third kappa shape index (κ3) is 4.07. The first-order chi connectivity index (χ1) is 12.1. The van der Waals surface area contributed by atoms with Crippen molar-refractivity contribution in [3.63, 3.8) is 0 Å². The summed E-state index contributed by atoms with van der Waals surface area (Å²) in [7, 11) is 0. The summed E-state index contributed by atoms with van der Waals surface area (Å²) in [4.78, 5) is 13.1. The van der Waals surface area contributed by atoms with Crippen LogP contribution in [0, 0.1) is 6.92 Å². The Morgan fingerprint density at radius 2 is 2.24 bits per heavy atom. The van der Waals surface area contributed by atoms with Crippen molar-refractivity contribution in [1.82, 2.24) is 25.0 Å². The summed E-state index contributed by atoms with van der Waals surface area (Å²) in [5.74, 6) is 1.27. The Morgan fingerprint density at radius 1 is 1.40 bits per heavy atom. The minimum Gasteiger partial charge on any atom is -0.452 e. The van der Waals surface area contributed by atoms with Crippen LogP contribution in [0.5, 0.6) is 0 Å². The van der Waals surface area contributed by atoms with Gasteiger partial charge in [0.05, 0.1) is 10.6 Å². The molecule has 8 nitrogen and oxygen atoms in total. The number of nitrogens with zero attached hydrogens (tertiary/aromatic N) is 5. The molecule has 0 aliphatic rings. The number of thiophene rings is 1. The number of carbonyl (C=O) groups excluding carboxylic acids is 1. The summed E-state index contributed by atoms with van der Waals surface area (Å²) in [6, 6.07) is 3.97. The number of aromatic nitrogens is 5. The molecule has 0 aliphatic heterocycles. The van der Waals surface area contributed by atoms with Gasteiger partial charge < -0.3 is 13.7 Å². The van der Waals surface area contributed by atoms with Gasteiger partial charge in [0.25, 0.3) is 5.89 Å². The van der Waals surface area contributed by atoms with Crippen LogP contribution in [-0.2, 0) is 16.1 Å². The highest BCUT2D eigenvalue weighted by molar-refractivity contribution is 7.99. The predicted molar refractivity (Wildman–Crippen MR) is 93.3 cm³/mol. The van der Waals surface area contributed by atoms with Gasteiger partial charge in [0.2, 0.25) is 5.89 Å². The van der Waals surface area contributed by atoms with Gasteiger partial charge in [-0.25, -0.2) is 0 Å². The first-order valence-electron chi connectivity index (χ1n) is 7.67. The molecule has 0 N–H and O–H groups in total. The van der Waals surface area contributed by atoms with Crippen molar-refractivity contribution in [2.45, 2.75) is 38.6 Å². The Morgan fingerprint density at radius 3 is 2.88 bits per heavy atom. The van der Waals surface area contributed by atoms with Gasteiger partial charge in [0.1, 0.15) is 0 Å². The average Bonchev–Trinajstić information content (AvgIpc) is 3.32. The summed E-state index contributed by atoms with van der Waals surface area (Å²) >= 11 is 2.90. The second-order valence-electron chi connectivity index (χ2n) is 5.11. The van der Waals surface area contributed by atoms with Crippen LogP contribution in [0.25, 0.3) is 10.7 Å². The Kier molecular flexibility index (Phi) is 5.49. The van der Waals surface area contributed by atoms with Crippen LogP contribution in [0.4, 0.5) is 0 Å². The monoisotopic (exact) mass is 379 g/mol. The van der Waals surface area contributed by atoms with E-state index in [2.05, 4.69) is 20.4 Å². The molecular weight excluding hydrogens is 362 g/mol. The number of ether oxygens (including phenoxy) is 1. The minimum atomic E-state index is -0.583. The lowest BCUT2D eigenvalue weighted by molar-refractivity contribution is -0.146. The molecule has 3 aromatic rings. The van der Waals surface area contributed by atoms with Gasteiger partial charge in [-0.05, 0) is 25.3 Å². The van der Waals surface area contributed by atoms with E-state index in [9.17, 15) is 4.79 Å². The third-order valence-electron chi connectivity index (χ3n) is 3.29. The molecule has 132 valence electrons. The standard InChI is InChI=1S/C15H17N5O3S2/c1-4-20-13(11-6-5-7-24-11)17-19-15(20)25-8-12(21)22-9(2)14-18-16-10(3)23-14/h5-7,9H,4,8H2,1-3H3. The van der Waals surface area contributed by atoms with Crippen LogP contribution in [0.15, 0.2) is 27.1 Å². The minimum absolute atomic E-state index is 0.125. The molecule has 3 rings (SSSR count). The molecule has 1 atom stereocenters. The SMILES string of the molecule is CCn1c(SCC(=O)OC(C)c2nnc(C)o2)nnc1-c1cccs1. The molecule has 3 aromatic heterocycles. The van der Waals surface area contributed by atoms with Crippen LogP contribution in [-0.4, -0.2) is 36.7 Å². The molecule has 0 radical (unpaired) electrons. The van der Waals surface area contributed by atoms with Gasteiger partial charge in [-0.3, -0.25) is 4.79 Å². The topological polar surface area (TPSA) is 95.9 Å². The van der Waals surface area contributed by atoms with Crippen molar-refractivity contribution in [3.05, 3.63) is 29.3 Å². The largest absolute Gasteiger partial charge is 0.452 e. The smallest absolute Gasteiger partial charge is 0.317 e. The van der Waals surface area contributed by atoms with Crippen molar-refractivity contribution in [2.75, 3.05) is 5.75 Å². The zero-order chi connectivity index (χ0) is 17.8. The zero-order valence-electron chi connectivity index (χ0n) is 14.0. The Hall–Kier alpha value is -2.20. The third-order valence-corrected chi connectivity index (χ3v) is 5.10. The number of rotatable bonds is 7. The maximum Gasteiger partial charge on any atom is 0.317 e. The number of hydrogen-bond donors (Lipinski definition) is 0. The van der Waals surface area contributed by atoms with Gasteiger partial charge in [0.15, 0.2) is 17.1 Å². The summed E-state index contributed by atoms with van der Waals surface area (Å²) < 4.78 is 12.6. The first-order valence-corrected chi connectivity index (χ1v) is 9.54. The molecule has 0 aromatic carbocycles. The number of hydrogen-bond acceptors (Lipinski definition) is 9. The van der Waals surface area contributed by atoms with Gasteiger partial charge >= 0.3 is 5.97 Å². The van der Waals surface area contributed by atoms with Gasteiger partial charge in [-0.1, -0.05) is 17.8 Å². The number of aryl methyl sites for hydroxylation is 1. The molecule has 0 spiro atoms. The van der Waals surface area contributed by atoms with E-state index in [1.54, 1.807) is 25.2 Å². The summed E-state index contributed by atoms with van der Waals surface area (Å²) in [6.07, 6.45) is -0.583. The van der Waals surface area contributed by atoms with Crippen molar-refractivity contribution >= 4 is 29.1 Å². The van der Waals surface area contributed by atoms with E-state index in [4.69, 9.17) is 9.15 Å². The van der Waals surface area contributed by atoms with E-state index >= 15 is 0 Å². The highest BCUT2D eigenvalue weighted by atomic mass is 32.2. The fourth-order valence-electron chi connectivity index (χ4n) is 2.15. The van der Waals surface area contributed by atoms with Crippen LogP contribution in [0.3, 0.4) is 0 Å². The Balaban J connectivity index is 1.61. The van der Waals surface area contributed by atoms with Gasteiger partial charge in [0, 0.05) is 13.5 Å². The van der Waals surface area contributed by atoms with E-state index < -0.39 is 6.10 Å². The van der Waals surface area contributed by atoms with Crippen molar-refractivity contribution in [2.24, 2.45) is 0 Å². The molecule has 3 heterocycles. The number of esters is 1. The van der Waals surface area contributed by atoms with Crippen LogP contribution in [0.1, 0.15) is 31.7 Å². The summed E-state index contributed by atoms with van der Waals surface area (Å²) in [5, 5.41) is 18.7. The van der Waals surface area contributed by atoms with E-state index in [-0.39, 0.29) is 17.6 Å². The maximum absolute atomic E-state index is 12.1. The van der Waals surface area contributed by atoms with E-state index in [0.717, 1.165) is 17.2 Å². The van der Waals surface area contributed by atoms with Crippen LogP contribution < -0.4 is 0 Å². The fraction of sp³-hybridized carbons (Fsp3) is 0.400. The lowest BCUT2D eigenvalue weighted by Crippen LogP contribution is -2.12. The quantitative estimate of drug-likeness (QED) is 0.456. The highest BCUT2D eigenvalue weighted by Crippen LogP contribution is 2.27. The molecule has 0 aliphatic carbocycles.